The van der Waals surface area contributed by atoms with Crippen molar-refractivity contribution in [3.8, 4) is 22.9 Å². The summed E-state index contributed by atoms with van der Waals surface area (Å²) in [5, 5.41) is 10.3. The van der Waals surface area contributed by atoms with Gasteiger partial charge in [0.25, 0.3) is 0 Å². The third-order valence-corrected chi connectivity index (χ3v) is 6.56. The van der Waals surface area contributed by atoms with E-state index >= 15 is 0 Å². The van der Waals surface area contributed by atoms with Gasteiger partial charge in [-0.25, -0.2) is 4.79 Å². The molecule has 8 nitrogen and oxygen atoms in total. The maximum Gasteiger partial charge on any atom is 0.337 e. The lowest BCUT2D eigenvalue weighted by Gasteiger charge is -2.41. The molecular formula is C29H43N3O5. The highest BCUT2D eigenvalue weighted by Crippen LogP contribution is 2.45. The average Bonchev–Trinajstić information content (AvgIpc) is 2.80. The maximum atomic E-state index is 12.6. The number of carboxylic acid groups (broad SMARTS) is 1. The van der Waals surface area contributed by atoms with Crippen LogP contribution in [0.25, 0.3) is 11.1 Å². The minimum atomic E-state index is -1.18. The van der Waals surface area contributed by atoms with Crippen molar-refractivity contribution in [3.05, 3.63) is 29.6 Å². The molecule has 0 aromatic carbocycles. The lowest BCUT2D eigenvalue weighted by Crippen LogP contribution is -2.39. The largest absolute Gasteiger partial charge is 0.480 e. The van der Waals surface area contributed by atoms with Gasteiger partial charge in [0, 0.05) is 47.7 Å². The Hall–Kier alpha value is -2.87. The van der Waals surface area contributed by atoms with E-state index in [1.165, 1.54) is 0 Å². The first-order chi connectivity index (χ1) is 17.2. The molecule has 0 radical (unpaired) electrons. The van der Waals surface area contributed by atoms with Gasteiger partial charge in [0.15, 0.2) is 6.10 Å². The number of nitrogens with zero attached hydrogens (tertiary/aromatic N) is 3. The number of aryl methyl sites for hydroxylation is 1. The second-order valence-corrected chi connectivity index (χ2v) is 12.0. The van der Waals surface area contributed by atoms with Crippen molar-refractivity contribution < 1.29 is 24.1 Å². The molecule has 1 saturated heterocycles. The molecule has 0 bridgehead atoms. The van der Waals surface area contributed by atoms with Crippen molar-refractivity contribution in [2.45, 2.75) is 79.9 Å². The lowest BCUT2D eigenvalue weighted by atomic mass is 9.82. The zero-order valence-electron chi connectivity index (χ0n) is 23.8. The topological polar surface area (TPSA) is 94.0 Å². The molecule has 3 rings (SSSR count). The number of rotatable bonds is 9. The summed E-state index contributed by atoms with van der Waals surface area (Å²) >= 11 is 0. The Morgan fingerprint density at radius 3 is 2.35 bits per heavy atom. The molecule has 1 aliphatic rings. The fraction of sp³-hybridized carbons (Fsp3) is 0.621. The number of pyridine rings is 2. The van der Waals surface area contributed by atoms with Crippen LogP contribution in [0, 0.1) is 18.3 Å². The van der Waals surface area contributed by atoms with E-state index in [0.717, 1.165) is 42.7 Å². The van der Waals surface area contributed by atoms with Gasteiger partial charge in [-0.1, -0.05) is 27.7 Å². The highest BCUT2D eigenvalue weighted by Gasteiger charge is 2.36. The minimum Gasteiger partial charge on any atom is -0.480 e. The summed E-state index contributed by atoms with van der Waals surface area (Å²) in [5.41, 5.74) is 3.07. The number of carboxylic acids is 1. The summed E-state index contributed by atoms with van der Waals surface area (Å²) in [6.45, 7) is 18.3. The van der Waals surface area contributed by atoms with Crippen LogP contribution in [-0.4, -0.2) is 53.5 Å². The van der Waals surface area contributed by atoms with Crippen LogP contribution in [0.5, 0.6) is 11.8 Å². The van der Waals surface area contributed by atoms with E-state index in [2.05, 4.69) is 42.6 Å². The van der Waals surface area contributed by atoms with Gasteiger partial charge in [0.1, 0.15) is 0 Å². The van der Waals surface area contributed by atoms with E-state index in [4.69, 9.17) is 14.2 Å². The highest BCUT2D eigenvalue weighted by atomic mass is 16.5. The molecule has 2 aromatic rings. The summed E-state index contributed by atoms with van der Waals surface area (Å²) in [5.74, 6) is 0.204. The van der Waals surface area contributed by atoms with E-state index in [1.54, 1.807) is 13.3 Å². The van der Waals surface area contributed by atoms with Crippen molar-refractivity contribution in [2.24, 2.45) is 11.3 Å². The predicted molar refractivity (Wildman–Crippen MR) is 146 cm³/mol. The molecule has 1 aliphatic heterocycles. The number of piperidine rings is 1. The van der Waals surface area contributed by atoms with Gasteiger partial charge >= 0.3 is 5.97 Å². The van der Waals surface area contributed by atoms with Crippen LogP contribution in [-0.2, 0) is 9.53 Å². The van der Waals surface area contributed by atoms with Gasteiger partial charge in [0.2, 0.25) is 11.8 Å². The molecule has 0 amide bonds. The van der Waals surface area contributed by atoms with Crippen LogP contribution in [0.3, 0.4) is 0 Å². The van der Waals surface area contributed by atoms with E-state index in [-0.39, 0.29) is 5.41 Å². The third-order valence-electron chi connectivity index (χ3n) is 6.56. The number of carbonyl (C=O) groups is 1. The standard InChI is InChI=1S/C29H43N3O5/c1-18(2)17-36-22-11-10-20(26(31-22)35-9)21-16-30-19(3)23(25(27(33)34)37-28(4,5)6)24(21)32-14-12-29(7,8)13-15-32/h10-11,16,18,25H,12-15,17H2,1-9H3,(H,33,34)/t25-/m0/s1. The number of anilines is 1. The predicted octanol–water partition coefficient (Wildman–Crippen LogP) is 6.06. The van der Waals surface area contributed by atoms with Crippen LogP contribution >= 0.6 is 0 Å². The fourth-order valence-corrected chi connectivity index (χ4v) is 4.50. The van der Waals surface area contributed by atoms with Crippen molar-refractivity contribution in [3.63, 3.8) is 0 Å². The fourth-order valence-electron chi connectivity index (χ4n) is 4.50. The molecule has 1 atom stereocenters. The second-order valence-electron chi connectivity index (χ2n) is 12.0. The number of ether oxygens (including phenoxy) is 3. The first-order valence-electron chi connectivity index (χ1n) is 13.1. The summed E-state index contributed by atoms with van der Waals surface area (Å²) < 4.78 is 17.6. The molecule has 0 saturated carbocycles. The maximum absolute atomic E-state index is 12.6. The monoisotopic (exact) mass is 513 g/mol. The summed E-state index contributed by atoms with van der Waals surface area (Å²) in [4.78, 5) is 24.1. The Kier molecular flexibility index (Phi) is 8.73. The van der Waals surface area contributed by atoms with E-state index in [1.807, 2.05) is 39.8 Å². The first-order valence-corrected chi connectivity index (χ1v) is 13.1. The van der Waals surface area contributed by atoms with Gasteiger partial charge in [-0.3, -0.25) is 4.98 Å². The smallest absolute Gasteiger partial charge is 0.337 e. The van der Waals surface area contributed by atoms with Gasteiger partial charge in [-0.05, 0) is 57.9 Å². The molecule has 1 N–H and O–H groups in total. The summed E-state index contributed by atoms with van der Waals surface area (Å²) in [7, 11) is 1.58. The number of methoxy groups -OCH3 is 1. The van der Waals surface area contributed by atoms with Gasteiger partial charge in [-0.15, -0.1) is 0 Å². The first kappa shape index (κ1) is 28.7. The number of hydrogen-bond donors (Lipinski definition) is 1. The van der Waals surface area contributed by atoms with Crippen LogP contribution in [0.1, 0.15) is 78.7 Å². The Morgan fingerprint density at radius 2 is 1.81 bits per heavy atom. The quantitative estimate of drug-likeness (QED) is 0.432. The molecule has 204 valence electrons. The molecule has 3 heterocycles. The van der Waals surface area contributed by atoms with Crippen LogP contribution in [0.15, 0.2) is 18.3 Å². The van der Waals surface area contributed by atoms with Crippen molar-refractivity contribution in [1.82, 2.24) is 9.97 Å². The SMILES string of the molecule is COc1nc(OCC(C)C)ccc1-c1cnc(C)c([C@H](OC(C)(C)C)C(=O)O)c1N1CCC(C)(C)CC1. The summed E-state index contributed by atoms with van der Waals surface area (Å²) in [6.07, 6.45) is 2.59. The average molecular weight is 514 g/mol. The van der Waals surface area contributed by atoms with Crippen molar-refractivity contribution >= 4 is 11.7 Å². The number of aliphatic carboxylic acids is 1. The highest BCUT2D eigenvalue weighted by molar-refractivity contribution is 5.87. The van der Waals surface area contributed by atoms with E-state index in [0.29, 0.717) is 35.5 Å². The number of hydrogen-bond acceptors (Lipinski definition) is 7. The van der Waals surface area contributed by atoms with E-state index in [9.17, 15) is 9.90 Å². The zero-order chi connectivity index (χ0) is 27.5. The Morgan fingerprint density at radius 1 is 1.16 bits per heavy atom. The lowest BCUT2D eigenvalue weighted by molar-refractivity contribution is -0.160. The van der Waals surface area contributed by atoms with Crippen LogP contribution in [0.2, 0.25) is 0 Å². The van der Waals surface area contributed by atoms with Gasteiger partial charge in [-0.2, -0.15) is 4.98 Å². The Balaban J connectivity index is 2.23. The number of aromatic nitrogens is 2. The Bertz CT molecular complexity index is 1100. The van der Waals surface area contributed by atoms with E-state index < -0.39 is 17.7 Å². The molecule has 0 spiro atoms. The van der Waals surface area contributed by atoms with Crippen LogP contribution in [0.4, 0.5) is 5.69 Å². The molecule has 2 aromatic heterocycles. The molecular weight excluding hydrogens is 470 g/mol. The summed E-state index contributed by atoms with van der Waals surface area (Å²) in [6, 6.07) is 3.73. The van der Waals surface area contributed by atoms with Crippen molar-refractivity contribution in [1.29, 1.82) is 0 Å². The molecule has 0 unspecified atom stereocenters. The molecule has 1 fully saturated rings. The normalized spacial score (nSPS) is 16.5. The third kappa shape index (κ3) is 7.12. The Labute approximate surface area is 221 Å². The molecule has 8 heteroatoms. The second kappa shape index (κ2) is 11.3. The minimum absolute atomic E-state index is 0.224. The van der Waals surface area contributed by atoms with Crippen molar-refractivity contribution in [2.75, 3.05) is 31.7 Å². The molecule has 0 aliphatic carbocycles. The van der Waals surface area contributed by atoms with Crippen LogP contribution < -0.4 is 14.4 Å². The zero-order valence-corrected chi connectivity index (χ0v) is 23.8. The molecule has 37 heavy (non-hydrogen) atoms. The van der Waals surface area contributed by atoms with Gasteiger partial charge in [0.05, 0.1) is 25.0 Å². The van der Waals surface area contributed by atoms with Gasteiger partial charge < -0.3 is 24.2 Å².